The maximum atomic E-state index is 10.1. The summed E-state index contributed by atoms with van der Waals surface area (Å²) in [4.78, 5) is 13.8. The van der Waals surface area contributed by atoms with Crippen LogP contribution in [0.2, 0.25) is 0 Å². The van der Waals surface area contributed by atoms with Crippen molar-refractivity contribution in [1.29, 1.82) is 5.26 Å². The van der Waals surface area contributed by atoms with E-state index in [1.807, 2.05) is 6.92 Å². The van der Waals surface area contributed by atoms with Crippen molar-refractivity contribution in [1.82, 2.24) is 0 Å². The second-order valence-electron chi connectivity index (χ2n) is 2.86. The molecule has 1 fully saturated rings. The molecule has 1 aliphatic rings. The van der Waals surface area contributed by atoms with Gasteiger partial charge in [0.1, 0.15) is 0 Å². The van der Waals surface area contributed by atoms with E-state index in [4.69, 9.17) is 5.26 Å². The van der Waals surface area contributed by atoms with E-state index >= 15 is 0 Å². The topological polar surface area (TPSA) is 53.2 Å². The molecule has 0 saturated carbocycles. The van der Waals surface area contributed by atoms with Crippen molar-refractivity contribution in [3.63, 3.8) is 0 Å². The van der Waals surface area contributed by atoms with Crippen molar-refractivity contribution in [2.75, 3.05) is 5.75 Å². The molecule has 1 heterocycles. The van der Waals surface area contributed by atoms with E-state index in [-0.39, 0.29) is 5.25 Å². The lowest BCUT2D eigenvalue weighted by atomic mass is 9.92. The van der Waals surface area contributed by atoms with Crippen molar-refractivity contribution >= 4 is 17.8 Å². The van der Waals surface area contributed by atoms with Crippen molar-refractivity contribution in [2.45, 2.75) is 30.6 Å². The van der Waals surface area contributed by atoms with E-state index in [0.29, 0.717) is 6.42 Å². The van der Waals surface area contributed by atoms with Gasteiger partial charge >= 0.3 is 0 Å². The van der Waals surface area contributed by atoms with Crippen molar-refractivity contribution in [3.8, 4) is 6.07 Å². The number of aliphatic imine (C=N–C) groups is 1. The van der Waals surface area contributed by atoms with Crippen LogP contribution < -0.4 is 0 Å². The maximum Gasteiger partial charge on any atom is 0.236 e. The Morgan fingerprint density at radius 1 is 1.75 bits per heavy atom. The van der Waals surface area contributed by atoms with Gasteiger partial charge in [-0.25, -0.2) is 4.79 Å². The summed E-state index contributed by atoms with van der Waals surface area (Å²) < 4.78 is 0. The van der Waals surface area contributed by atoms with Gasteiger partial charge in [0.2, 0.25) is 6.08 Å². The van der Waals surface area contributed by atoms with Crippen molar-refractivity contribution < 1.29 is 4.79 Å². The number of nitriles is 1. The lowest BCUT2D eigenvalue weighted by Crippen LogP contribution is -2.38. The van der Waals surface area contributed by atoms with Crippen LogP contribution in [-0.4, -0.2) is 22.6 Å². The zero-order chi connectivity index (χ0) is 9.03. The average molecular weight is 182 g/mol. The molecule has 0 amide bonds. The summed E-state index contributed by atoms with van der Waals surface area (Å²) in [5.41, 5.74) is -0.801. The molecular weight excluding hydrogens is 172 g/mol. The van der Waals surface area contributed by atoms with Gasteiger partial charge in [0.25, 0.3) is 0 Å². The molecule has 1 saturated heterocycles. The number of rotatable bonds is 1. The molecule has 2 unspecified atom stereocenters. The number of hydrogen-bond donors (Lipinski definition) is 0. The Hall–Kier alpha value is -0.780. The smallest absolute Gasteiger partial charge is 0.211 e. The van der Waals surface area contributed by atoms with Gasteiger partial charge in [-0.1, -0.05) is 0 Å². The van der Waals surface area contributed by atoms with Crippen LogP contribution in [0.3, 0.4) is 0 Å². The van der Waals surface area contributed by atoms with Crippen LogP contribution in [0.1, 0.15) is 19.8 Å². The van der Waals surface area contributed by atoms with Crippen LogP contribution in [0.5, 0.6) is 0 Å². The Kier molecular flexibility index (Phi) is 2.91. The monoisotopic (exact) mass is 182 g/mol. The zero-order valence-electron chi connectivity index (χ0n) is 6.91. The first-order chi connectivity index (χ1) is 5.75. The molecule has 0 bridgehead atoms. The Balaban J connectivity index is 2.90. The van der Waals surface area contributed by atoms with Gasteiger partial charge < -0.3 is 0 Å². The molecule has 1 rings (SSSR count). The summed E-state index contributed by atoms with van der Waals surface area (Å²) >= 11 is 1.69. The van der Waals surface area contributed by atoms with E-state index in [1.165, 1.54) is 6.08 Å². The quantitative estimate of drug-likeness (QED) is 0.456. The molecule has 1 aliphatic heterocycles. The Morgan fingerprint density at radius 2 is 2.50 bits per heavy atom. The maximum absolute atomic E-state index is 10.1. The van der Waals surface area contributed by atoms with Crippen LogP contribution in [0.25, 0.3) is 0 Å². The molecule has 3 nitrogen and oxygen atoms in total. The highest BCUT2D eigenvalue weighted by Crippen LogP contribution is 2.36. The van der Waals surface area contributed by atoms with E-state index in [0.717, 1.165) is 12.2 Å². The van der Waals surface area contributed by atoms with E-state index in [9.17, 15) is 4.79 Å². The van der Waals surface area contributed by atoms with Crippen LogP contribution in [0.4, 0.5) is 0 Å². The summed E-state index contributed by atoms with van der Waals surface area (Å²) in [6.45, 7) is 1.94. The number of thioether (sulfide) groups is 1. The second-order valence-corrected chi connectivity index (χ2v) is 4.30. The molecule has 0 aromatic rings. The molecule has 0 aliphatic carbocycles. The van der Waals surface area contributed by atoms with Crippen molar-refractivity contribution in [2.24, 2.45) is 4.99 Å². The predicted molar refractivity (Wildman–Crippen MR) is 47.6 cm³/mol. The van der Waals surface area contributed by atoms with Gasteiger partial charge in [-0.2, -0.15) is 22.0 Å². The minimum absolute atomic E-state index is 0.109. The van der Waals surface area contributed by atoms with E-state index < -0.39 is 5.54 Å². The van der Waals surface area contributed by atoms with Crippen LogP contribution in [-0.2, 0) is 4.79 Å². The van der Waals surface area contributed by atoms with Crippen LogP contribution in [0, 0.1) is 11.3 Å². The van der Waals surface area contributed by atoms with Crippen LogP contribution >= 0.6 is 11.8 Å². The zero-order valence-corrected chi connectivity index (χ0v) is 7.73. The first-order valence-electron chi connectivity index (χ1n) is 3.87. The normalized spacial score (nSPS) is 34.8. The molecular formula is C8H10N2OS. The SMILES string of the molecule is CC1SCCCC1(C#N)N=C=O. The molecule has 4 heteroatoms. The Labute approximate surface area is 75.9 Å². The number of nitrogens with zero attached hydrogens (tertiary/aromatic N) is 2. The summed E-state index contributed by atoms with van der Waals surface area (Å²) in [6.07, 6.45) is 3.14. The molecule has 0 aromatic carbocycles. The molecule has 0 N–H and O–H groups in total. The van der Waals surface area contributed by atoms with Gasteiger partial charge in [-0.05, 0) is 25.5 Å². The minimum atomic E-state index is -0.801. The third kappa shape index (κ3) is 1.52. The Morgan fingerprint density at radius 3 is 3.00 bits per heavy atom. The summed E-state index contributed by atoms with van der Waals surface area (Å²) in [5, 5.41) is 9.02. The number of isocyanates is 1. The van der Waals surface area contributed by atoms with Gasteiger partial charge in [-0.3, -0.25) is 0 Å². The molecule has 0 spiro atoms. The lowest BCUT2D eigenvalue weighted by molar-refractivity contribution is 0.469. The van der Waals surface area contributed by atoms with E-state index in [2.05, 4.69) is 11.1 Å². The Bertz CT molecular complexity index is 254. The molecule has 0 radical (unpaired) electrons. The second kappa shape index (κ2) is 3.75. The highest BCUT2D eigenvalue weighted by Gasteiger charge is 2.39. The van der Waals surface area contributed by atoms with Crippen LogP contribution in [0.15, 0.2) is 4.99 Å². The fraction of sp³-hybridized carbons (Fsp3) is 0.750. The lowest BCUT2D eigenvalue weighted by Gasteiger charge is -2.31. The molecule has 2 atom stereocenters. The highest BCUT2D eigenvalue weighted by molar-refractivity contribution is 8.00. The van der Waals surface area contributed by atoms with Gasteiger partial charge in [0.15, 0.2) is 5.54 Å². The number of hydrogen-bond acceptors (Lipinski definition) is 4. The minimum Gasteiger partial charge on any atom is -0.211 e. The standard InChI is InChI=1S/C8H10N2OS/c1-7-8(5-9,10-6-11)3-2-4-12-7/h7H,2-4H2,1H3. The fourth-order valence-electron chi connectivity index (χ4n) is 1.34. The van der Waals surface area contributed by atoms with E-state index in [1.54, 1.807) is 11.8 Å². The highest BCUT2D eigenvalue weighted by atomic mass is 32.2. The third-order valence-electron chi connectivity index (χ3n) is 2.18. The number of carbonyl (C=O) groups excluding carboxylic acids is 1. The first-order valence-corrected chi connectivity index (χ1v) is 4.92. The fourth-order valence-corrected chi connectivity index (χ4v) is 2.51. The van der Waals surface area contributed by atoms with Crippen molar-refractivity contribution in [3.05, 3.63) is 0 Å². The summed E-state index contributed by atoms with van der Waals surface area (Å²) in [6, 6.07) is 2.12. The molecule has 12 heavy (non-hydrogen) atoms. The summed E-state index contributed by atoms with van der Waals surface area (Å²) in [7, 11) is 0. The average Bonchev–Trinajstić information content (AvgIpc) is 2.10. The molecule has 0 aromatic heterocycles. The largest absolute Gasteiger partial charge is 0.236 e. The van der Waals surface area contributed by atoms with Gasteiger partial charge in [0, 0.05) is 5.25 Å². The summed E-state index contributed by atoms with van der Waals surface area (Å²) in [5.74, 6) is 1.05. The third-order valence-corrected chi connectivity index (χ3v) is 3.60. The predicted octanol–water partition coefficient (Wildman–Crippen LogP) is 1.50. The van der Waals surface area contributed by atoms with Gasteiger partial charge in [-0.15, -0.1) is 0 Å². The first kappa shape index (κ1) is 9.31. The van der Waals surface area contributed by atoms with Gasteiger partial charge in [0.05, 0.1) is 6.07 Å². The molecule has 64 valence electrons.